The standard InChI is InChI=1S/C18H31NO2SSi/c1-8-21-18(20)19-16-10-9-11-17(12-16)22-23(13(2)3,14(4)5)15(6)7/h9-15H,8H2,1-7H3,(H,19,20). The van der Waals surface area contributed by atoms with Gasteiger partial charge in [-0.05, 0) is 41.7 Å². The molecule has 1 aromatic carbocycles. The van der Waals surface area contributed by atoms with Crippen LogP contribution in [0.5, 0.6) is 0 Å². The molecule has 0 unspecified atom stereocenters. The molecule has 0 aliphatic heterocycles. The summed E-state index contributed by atoms with van der Waals surface area (Å²) in [6, 6.07) is 8.13. The van der Waals surface area contributed by atoms with Crippen LogP contribution in [0.1, 0.15) is 48.5 Å². The molecular weight excluding hydrogens is 322 g/mol. The molecule has 1 N–H and O–H groups in total. The quantitative estimate of drug-likeness (QED) is 0.567. The largest absolute Gasteiger partial charge is 0.450 e. The summed E-state index contributed by atoms with van der Waals surface area (Å²) in [6.07, 6.45) is -0.394. The van der Waals surface area contributed by atoms with Crippen molar-refractivity contribution in [3.8, 4) is 0 Å². The minimum Gasteiger partial charge on any atom is -0.450 e. The molecule has 0 spiro atoms. The van der Waals surface area contributed by atoms with Gasteiger partial charge in [0.2, 0.25) is 0 Å². The lowest BCUT2D eigenvalue weighted by molar-refractivity contribution is 0.168. The summed E-state index contributed by atoms with van der Waals surface area (Å²) in [6.45, 7) is 16.4. The Hall–Kier alpha value is -0.943. The minimum atomic E-state index is -1.57. The Morgan fingerprint density at radius 1 is 1.13 bits per heavy atom. The van der Waals surface area contributed by atoms with Crippen molar-refractivity contribution in [2.45, 2.75) is 70.0 Å². The SMILES string of the molecule is CCOC(=O)Nc1cccc(S[Si](C(C)C)(C(C)C)C(C)C)c1. The minimum absolute atomic E-state index is 0.379. The van der Waals surface area contributed by atoms with Gasteiger partial charge in [0.1, 0.15) is 7.22 Å². The molecule has 0 saturated heterocycles. The first-order valence-electron chi connectivity index (χ1n) is 8.46. The number of carbonyl (C=O) groups is 1. The topological polar surface area (TPSA) is 38.3 Å². The molecule has 0 fully saturated rings. The molecule has 1 rings (SSSR count). The summed E-state index contributed by atoms with van der Waals surface area (Å²) >= 11 is 2.06. The zero-order chi connectivity index (χ0) is 17.6. The molecule has 0 atom stereocenters. The molecule has 0 heterocycles. The van der Waals surface area contributed by atoms with Crippen molar-refractivity contribution in [1.29, 1.82) is 0 Å². The molecule has 0 aliphatic rings. The maximum atomic E-state index is 11.6. The van der Waals surface area contributed by atoms with Crippen LogP contribution in [-0.2, 0) is 4.74 Å². The van der Waals surface area contributed by atoms with E-state index in [1.54, 1.807) is 6.92 Å². The Labute approximate surface area is 146 Å². The van der Waals surface area contributed by atoms with E-state index in [1.807, 2.05) is 12.1 Å². The predicted molar refractivity (Wildman–Crippen MR) is 104 cm³/mol. The highest BCUT2D eigenvalue weighted by molar-refractivity contribution is 8.29. The highest BCUT2D eigenvalue weighted by atomic mass is 32.4. The second-order valence-electron chi connectivity index (χ2n) is 6.79. The third kappa shape index (κ3) is 5.01. The number of benzene rings is 1. The zero-order valence-electron chi connectivity index (χ0n) is 15.5. The van der Waals surface area contributed by atoms with Crippen molar-refractivity contribution in [2.75, 3.05) is 11.9 Å². The van der Waals surface area contributed by atoms with Crippen LogP contribution in [0.4, 0.5) is 10.5 Å². The fraction of sp³-hybridized carbons (Fsp3) is 0.611. The Morgan fingerprint density at radius 3 is 2.17 bits per heavy atom. The van der Waals surface area contributed by atoms with Crippen LogP contribution in [0, 0.1) is 0 Å². The fourth-order valence-electron chi connectivity index (χ4n) is 3.48. The van der Waals surface area contributed by atoms with Gasteiger partial charge in [0, 0.05) is 10.6 Å². The second-order valence-corrected chi connectivity index (χ2v) is 15.4. The van der Waals surface area contributed by atoms with E-state index in [2.05, 4.69) is 70.2 Å². The average molecular weight is 354 g/mol. The van der Waals surface area contributed by atoms with Gasteiger partial charge in [-0.3, -0.25) is 5.32 Å². The normalized spacial score (nSPS) is 12.1. The number of carbonyl (C=O) groups excluding carboxylic acids is 1. The first kappa shape index (κ1) is 20.1. The van der Waals surface area contributed by atoms with Crippen LogP contribution in [0.25, 0.3) is 0 Å². The van der Waals surface area contributed by atoms with Crippen LogP contribution in [-0.4, -0.2) is 19.9 Å². The van der Waals surface area contributed by atoms with Crippen LogP contribution in [0.3, 0.4) is 0 Å². The number of rotatable bonds is 7. The van der Waals surface area contributed by atoms with Crippen LogP contribution in [0.15, 0.2) is 29.2 Å². The fourth-order valence-corrected chi connectivity index (χ4v) is 12.7. The van der Waals surface area contributed by atoms with E-state index >= 15 is 0 Å². The first-order valence-corrected chi connectivity index (χ1v) is 12.2. The van der Waals surface area contributed by atoms with Gasteiger partial charge in [0.05, 0.1) is 6.61 Å². The molecule has 0 aromatic heterocycles. The Kier molecular flexibility index (Phi) is 7.68. The van der Waals surface area contributed by atoms with Gasteiger partial charge in [0.25, 0.3) is 0 Å². The summed E-state index contributed by atoms with van der Waals surface area (Å²) in [5.41, 5.74) is 2.87. The summed E-state index contributed by atoms with van der Waals surface area (Å²) in [5, 5.41) is 2.80. The first-order chi connectivity index (χ1) is 10.7. The highest BCUT2D eigenvalue weighted by Gasteiger charge is 2.44. The van der Waals surface area contributed by atoms with Gasteiger partial charge >= 0.3 is 6.09 Å². The molecule has 0 radical (unpaired) electrons. The van der Waals surface area contributed by atoms with E-state index in [0.717, 1.165) is 5.69 Å². The number of amides is 1. The van der Waals surface area contributed by atoms with E-state index in [-0.39, 0.29) is 0 Å². The third-order valence-corrected chi connectivity index (χ3v) is 16.6. The lowest BCUT2D eigenvalue weighted by atomic mass is 10.3. The highest BCUT2D eigenvalue weighted by Crippen LogP contribution is 2.52. The van der Waals surface area contributed by atoms with Gasteiger partial charge in [-0.15, -0.1) is 0 Å². The van der Waals surface area contributed by atoms with E-state index in [0.29, 0.717) is 23.2 Å². The van der Waals surface area contributed by atoms with Gasteiger partial charge in [-0.25, -0.2) is 4.79 Å². The van der Waals surface area contributed by atoms with E-state index in [9.17, 15) is 4.79 Å². The summed E-state index contributed by atoms with van der Waals surface area (Å²) in [7, 11) is -1.57. The van der Waals surface area contributed by atoms with Gasteiger partial charge in [-0.2, -0.15) is 11.2 Å². The molecule has 0 aliphatic carbocycles. The molecule has 23 heavy (non-hydrogen) atoms. The number of hydrogen-bond donors (Lipinski definition) is 1. The lowest BCUT2D eigenvalue weighted by Crippen LogP contribution is -2.40. The molecule has 3 nitrogen and oxygen atoms in total. The summed E-state index contributed by atoms with van der Waals surface area (Å²) in [5.74, 6) is 0. The zero-order valence-corrected chi connectivity index (χ0v) is 17.3. The van der Waals surface area contributed by atoms with Crippen molar-refractivity contribution in [1.82, 2.24) is 0 Å². The third-order valence-electron chi connectivity index (χ3n) is 4.36. The van der Waals surface area contributed by atoms with Gasteiger partial charge in [0.15, 0.2) is 0 Å². The lowest BCUT2D eigenvalue weighted by Gasteiger charge is -2.42. The van der Waals surface area contributed by atoms with E-state index < -0.39 is 13.3 Å². The van der Waals surface area contributed by atoms with Crippen molar-refractivity contribution in [3.63, 3.8) is 0 Å². The Balaban J connectivity index is 3.04. The molecule has 0 saturated carbocycles. The predicted octanol–water partition coefficient (Wildman–Crippen LogP) is 6.52. The molecule has 0 bridgehead atoms. The van der Waals surface area contributed by atoms with E-state index in [4.69, 9.17) is 4.74 Å². The molecular formula is C18H31NO2SSi. The molecule has 1 aromatic rings. The molecule has 130 valence electrons. The van der Waals surface area contributed by atoms with Crippen LogP contribution >= 0.6 is 11.2 Å². The summed E-state index contributed by atoms with van der Waals surface area (Å²) in [4.78, 5) is 12.8. The van der Waals surface area contributed by atoms with E-state index in [1.165, 1.54) is 4.90 Å². The van der Waals surface area contributed by atoms with Gasteiger partial charge in [-0.1, -0.05) is 47.6 Å². The summed E-state index contributed by atoms with van der Waals surface area (Å²) < 4.78 is 4.95. The van der Waals surface area contributed by atoms with Gasteiger partial charge < -0.3 is 4.74 Å². The Morgan fingerprint density at radius 2 is 1.70 bits per heavy atom. The van der Waals surface area contributed by atoms with Crippen LogP contribution < -0.4 is 5.32 Å². The van der Waals surface area contributed by atoms with Crippen molar-refractivity contribution < 1.29 is 9.53 Å². The van der Waals surface area contributed by atoms with Crippen molar-refractivity contribution >= 4 is 30.2 Å². The number of ether oxygens (including phenoxy) is 1. The second kappa shape index (κ2) is 8.78. The smallest absolute Gasteiger partial charge is 0.411 e. The molecule has 1 amide bonds. The van der Waals surface area contributed by atoms with Crippen molar-refractivity contribution in [3.05, 3.63) is 24.3 Å². The monoisotopic (exact) mass is 353 g/mol. The number of anilines is 1. The maximum Gasteiger partial charge on any atom is 0.411 e. The number of hydrogen-bond acceptors (Lipinski definition) is 3. The Bertz CT molecular complexity index is 496. The van der Waals surface area contributed by atoms with Crippen LogP contribution in [0.2, 0.25) is 16.6 Å². The average Bonchev–Trinajstić information content (AvgIpc) is 2.44. The maximum absolute atomic E-state index is 11.6. The molecule has 5 heteroatoms. The van der Waals surface area contributed by atoms with Crippen molar-refractivity contribution in [2.24, 2.45) is 0 Å². The number of nitrogens with one attached hydrogen (secondary N) is 1.